The van der Waals surface area contributed by atoms with Crippen molar-refractivity contribution in [2.45, 2.75) is 58.4 Å². The molecule has 4 nitrogen and oxygen atoms in total. The number of aryl methyl sites for hydroxylation is 2. The summed E-state index contributed by atoms with van der Waals surface area (Å²) in [4.78, 5) is 4.77. The highest BCUT2D eigenvalue weighted by atomic mass is 35.5. The van der Waals surface area contributed by atoms with Crippen molar-refractivity contribution in [1.29, 1.82) is 0 Å². The second-order valence-electron chi connectivity index (χ2n) is 5.02. The average Bonchev–Trinajstić information content (AvgIpc) is 2.90. The van der Waals surface area contributed by atoms with E-state index in [0.717, 1.165) is 41.9 Å². The average molecular weight is 283 g/mol. The predicted octanol–water partition coefficient (Wildman–Crippen LogP) is 3.99. The number of hydrogen-bond acceptors (Lipinski definition) is 2. The molecule has 0 saturated heterocycles. The first kappa shape index (κ1) is 14.4. The molecule has 5 heteroatoms. The Morgan fingerprint density at radius 3 is 2.32 bits per heavy atom. The number of hydrogen-bond donors (Lipinski definition) is 0. The molecule has 0 bridgehead atoms. The van der Waals surface area contributed by atoms with Crippen LogP contribution in [-0.4, -0.2) is 19.3 Å². The van der Waals surface area contributed by atoms with E-state index in [9.17, 15) is 0 Å². The van der Waals surface area contributed by atoms with Crippen molar-refractivity contribution in [3.05, 3.63) is 11.5 Å². The van der Waals surface area contributed by atoms with Gasteiger partial charge in [0.05, 0.1) is 11.1 Å². The number of fused-ring (bicyclic) bond motifs is 1. The predicted molar refractivity (Wildman–Crippen MR) is 79.8 cm³/mol. The van der Waals surface area contributed by atoms with Crippen LogP contribution in [0, 0.1) is 0 Å². The van der Waals surface area contributed by atoms with Gasteiger partial charge in [0.25, 0.3) is 0 Å². The summed E-state index contributed by atoms with van der Waals surface area (Å²) in [6.45, 7) is 8.52. The highest BCUT2D eigenvalue weighted by Crippen LogP contribution is 2.31. The van der Waals surface area contributed by atoms with Crippen LogP contribution in [0.3, 0.4) is 0 Å². The van der Waals surface area contributed by atoms with Crippen LogP contribution in [0.5, 0.6) is 0 Å². The highest BCUT2D eigenvalue weighted by Gasteiger charge is 2.24. The monoisotopic (exact) mass is 282 g/mol. The number of aromatic nitrogens is 4. The number of rotatable bonds is 5. The van der Waals surface area contributed by atoms with E-state index >= 15 is 0 Å². The van der Waals surface area contributed by atoms with E-state index in [1.807, 2.05) is 18.7 Å². The van der Waals surface area contributed by atoms with Gasteiger partial charge in [0.1, 0.15) is 11.3 Å². The Kier molecular flexibility index (Phi) is 4.19. The first-order valence-electron chi connectivity index (χ1n) is 7.12. The summed E-state index contributed by atoms with van der Waals surface area (Å²) in [6.07, 6.45) is 3.05. The van der Waals surface area contributed by atoms with Crippen LogP contribution >= 0.6 is 11.6 Å². The second kappa shape index (κ2) is 5.53. The standard InChI is InChI=1S/C14H23ClN4/c1-6-10(7-2)19-13(9(4)15)16-12-11(8-3)17-18(5)14(12)19/h9-10H,6-8H2,1-5H3. The van der Waals surface area contributed by atoms with E-state index < -0.39 is 0 Å². The summed E-state index contributed by atoms with van der Waals surface area (Å²) in [7, 11) is 1.99. The molecule has 1 atom stereocenters. The third-order valence-electron chi connectivity index (χ3n) is 3.76. The van der Waals surface area contributed by atoms with Crippen molar-refractivity contribution >= 4 is 22.8 Å². The van der Waals surface area contributed by atoms with Gasteiger partial charge in [-0.2, -0.15) is 5.10 Å². The molecule has 0 aliphatic carbocycles. The lowest BCUT2D eigenvalue weighted by Crippen LogP contribution is -2.13. The Balaban J connectivity index is 2.76. The zero-order chi connectivity index (χ0) is 14.2. The smallest absolute Gasteiger partial charge is 0.158 e. The summed E-state index contributed by atoms with van der Waals surface area (Å²) in [5, 5.41) is 4.49. The Labute approximate surface area is 119 Å². The van der Waals surface area contributed by atoms with Crippen molar-refractivity contribution in [3.8, 4) is 0 Å². The Morgan fingerprint density at radius 1 is 1.21 bits per heavy atom. The molecule has 0 amide bonds. The van der Waals surface area contributed by atoms with Gasteiger partial charge in [0.2, 0.25) is 0 Å². The molecular weight excluding hydrogens is 260 g/mol. The van der Waals surface area contributed by atoms with Gasteiger partial charge in [-0.05, 0) is 26.2 Å². The molecule has 106 valence electrons. The largest absolute Gasteiger partial charge is 0.309 e. The Morgan fingerprint density at radius 2 is 1.84 bits per heavy atom. The maximum atomic E-state index is 6.33. The van der Waals surface area contributed by atoms with Crippen LogP contribution in [0.15, 0.2) is 0 Å². The minimum absolute atomic E-state index is 0.0855. The molecule has 1 unspecified atom stereocenters. The molecule has 19 heavy (non-hydrogen) atoms. The maximum absolute atomic E-state index is 6.33. The van der Waals surface area contributed by atoms with E-state index in [4.69, 9.17) is 16.6 Å². The first-order chi connectivity index (χ1) is 9.04. The molecule has 0 aliphatic heterocycles. The van der Waals surface area contributed by atoms with Gasteiger partial charge in [-0.3, -0.25) is 4.68 Å². The zero-order valence-electron chi connectivity index (χ0n) is 12.4. The number of imidazole rings is 1. The lowest BCUT2D eigenvalue weighted by Gasteiger charge is -2.19. The molecule has 2 heterocycles. The SMILES string of the molecule is CCc1nn(C)c2c1nc(C(C)Cl)n2C(CC)CC. The van der Waals surface area contributed by atoms with E-state index in [0.29, 0.717) is 6.04 Å². The van der Waals surface area contributed by atoms with E-state index in [2.05, 4.69) is 30.4 Å². The first-order valence-corrected chi connectivity index (χ1v) is 7.56. The fourth-order valence-corrected chi connectivity index (χ4v) is 2.91. The fraction of sp³-hybridized carbons (Fsp3) is 0.714. The molecule has 0 fully saturated rings. The summed E-state index contributed by atoms with van der Waals surface area (Å²) in [6, 6.07) is 0.432. The van der Waals surface area contributed by atoms with Crippen LogP contribution in [0.4, 0.5) is 0 Å². The van der Waals surface area contributed by atoms with Gasteiger partial charge in [-0.15, -0.1) is 11.6 Å². The van der Waals surface area contributed by atoms with E-state index in [-0.39, 0.29) is 5.38 Å². The minimum atomic E-state index is -0.0855. The second-order valence-corrected chi connectivity index (χ2v) is 5.68. The molecule has 0 N–H and O–H groups in total. The normalized spacial score (nSPS) is 13.6. The van der Waals surface area contributed by atoms with Crippen molar-refractivity contribution < 1.29 is 0 Å². The maximum Gasteiger partial charge on any atom is 0.158 e. The molecule has 0 aromatic carbocycles. The summed E-state index contributed by atoms with van der Waals surface area (Å²) in [5.41, 5.74) is 3.17. The third kappa shape index (κ3) is 2.27. The minimum Gasteiger partial charge on any atom is -0.309 e. The van der Waals surface area contributed by atoms with Crippen molar-refractivity contribution in [3.63, 3.8) is 0 Å². The highest BCUT2D eigenvalue weighted by molar-refractivity contribution is 6.20. The van der Waals surface area contributed by atoms with Crippen LogP contribution in [0.1, 0.15) is 63.5 Å². The molecule has 0 spiro atoms. The van der Waals surface area contributed by atoms with Gasteiger partial charge < -0.3 is 4.57 Å². The van der Waals surface area contributed by atoms with Crippen molar-refractivity contribution in [2.24, 2.45) is 7.05 Å². The Hall–Kier alpha value is -1.03. The molecule has 2 rings (SSSR count). The molecule has 2 aromatic rings. The molecule has 2 aromatic heterocycles. The van der Waals surface area contributed by atoms with Crippen LogP contribution in [-0.2, 0) is 13.5 Å². The third-order valence-corrected chi connectivity index (χ3v) is 3.96. The van der Waals surface area contributed by atoms with Crippen LogP contribution in [0.2, 0.25) is 0 Å². The van der Waals surface area contributed by atoms with Crippen LogP contribution in [0.25, 0.3) is 11.2 Å². The summed E-state index contributed by atoms with van der Waals surface area (Å²) < 4.78 is 4.24. The van der Waals surface area contributed by atoms with Gasteiger partial charge >= 0.3 is 0 Å². The van der Waals surface area contributed by atoms with Crippen molar-refractivity contribution in [1.82, 2.24) is 19.3 Å². The number of halogens is 1. The summed E-state index contributed by atoms with van der Waals surface area (Å²) >= 11 is 6.33. The summed E-state index contributed by atoms with van der Waals surface area (Å²) in [5.74, 6) is 0.966. The van der Waals surface area contributed by atoms with Crippen molar-refractivity contribution in [2.75, 3.05) is 0 Å². The van der Waals surface area contributed by atoms with E-state index in [1.54, 1.807) is 0 Å². The van der Waals surface area contributed by atoms with E-state index in [1.165, 1.54) is 0 Å². The molecule has 0 saturated carbocycles. The lowest BCUT2D eigenvalue weighted by atomic mass is 10.1. The molecule has 0 aliphatic rings. The quantitative estimate of drug-likeness (QED) is 0.777. The van der Waals surface area contributed by atoms with Gasteiger partial charge in [-0.25, -0.2) is 4.98 Å². The van der Waals surface area contributed by atoms with Gasteiger partial charge in [-0.1, -0.05) is 20.8 Å². The number of nitrogens with zero attached hydrogens (tertiary/aromatic N) is 4. The Bertz CT molecular complexity index is 564. The van der Waals surface area contributed by atoms with Gasteiger partial charge in [0, 0.05) is 13.1 Å². The zero-order valence-corrected chi connectivity index (χ0v) is 13.2. The topological polar surface area (TPSA) is 35.6 Å². The fourth-order valence-electron chi connectivity index (χ4n) is 2.75. The number of alkyl halides is 1. The molecular formula is C14H23ClN4. The van der Waals surface area contributed by atoms with Gasteiger partial charge in [0.15, 0.2) is 5.65 Å². The lowest BCUT2D eigenvalue weighted by molar-refractivity contribution is 0.458. The molecule has 0 radical (unpaired) electrons. The van der Waals surface area contributed by atoms with Crippen LogP contribution < -0.4 is 0 Å².